The summed E-state index contributed by atoms with van der Waals surface area (Å²) in [6.45, 7) is 0.322. The van der Waals surface area contributed by atoms with E-state index >= 15 is 0 Å². The van der Waals surface area contributed by atoms with E-state index in [0.29, 0.717) is 12.5 Å². The highest BCUT2D eigenvalue weighted by molar-refractivity contribution is 5.69. The number of hydrogen-bond acceptors (Lipinski definition) is 3. The second kappa shape index (κ2) is 7.59. The van der Waals surface area contributed by atoms with Crippen LogP contribution in [0, 0.1) is 5.92 Å². The molecule has 4 heteroatoms. The van der Waals surface area contributed by atoms with Crippen LogP contribution < -0.4 is 0 Å². The Morgan fingerprint density at radius 2 is 1.65 bits per heavy atom. The van der Waals surface area contributed by atoms with Crippen molar-refractivity contribution in [2.75, 3.05) is 0 Å². The molecule has 1 aromatic rings. The molecule has 1 saturated carbocycles. The van der Waals surface area contributed by atoms with Crippen LogP contribution in [0.1, 0.15) is 69.8 Å². The van der Waals surface area contributed by atoms with Crippen LogP contribution in [0.5, 0.6) is 0 Å². The smallest absolute Gasteiger partial charge is 0.410 e. The van der Waals surface area contributed by atoms with Crippen LogP contribution in [0.25, 0.3) is 0 Å². The van der Waals surface area contributed by atoms with Gasteiger partial charge in [-0.25, -0.2) is 4.79 Å². The highest BCUT2D eigenvalue weighted by atomic mass is 16.6. The zero-order chi connectivity index (χ0) is 18.0. The minimum Gasteiger partial charge on any atom is -0.445 e. The molecule has 1 amide bonds. The fourth-order valence-corrected chi connectivity index (χ4v) is 5.53. The van der Waals surface area contributed by atoms with E-state index < -0.39 is 5.60 Å². The van der Waals surface area contributed by atoms with E-state index in [-0.39, 0.29) is 18.2 Å². The van der Waals surface area contributed by atoms with E-state index in [1.54, 1.807) is 0 Å². The molecule has 4 nitrogen and oxygen atoms in total. The van der Waals surface area contributed by atoms with Gasteiger partial charge >= 0.3 is 6.09 Å². The first-order valence-electron chi connectivity index (χ1n) is 10.4. The Kier molecular flexibility index (Phi) is 5.21. The molecule has 0 aromatic heterocycles. The summed E-state index contributed by atoms with van der Waals surface area (Å²) in [5, 5.41) is 11.4. The number of benzene rings is 1. The fourth-order valence-electron chi connectivity index (χ4n) is 5.53. The maximum atomic E-state index is 12.8. The minimum absolute atomic E-state index is 0.137. The van der Waals surface area contributed by atoms with Crippen molar-refractivity contribution in [2.45, 2.75) is 88.5 Å². The second-order valence-electron chi connectivity index (χ2n) is 8.53. The SMILES string of the molecule is O=C(OCc1ccccc1)N1C2CCCC1CC(O)(C1CCCCC1)C2. The first kappa shape index (κ1) is 17.8. The predicted molar refractivity (Wildman–Crippen MR) is 101 cm³/mol. The molecule has 26 heavy (non-hydrogen) atoms. The Bertz CT molecular complexity index is 597. The lowest BCUT2D eigenvalue weighted by Crippen LogP contribution is -2.61. The molecule has 2 atom stereocenters. The molecule has 4 rings (SSSR count). The van der Waals surface area contributed by atoms with Crippen LogP contribution in [0.4, 0.5) is 4.79 Å². The number of carbonyl (C=O) groups excluding carboxylic acids is 1. The number of piperidine rings is 2. The molecule has 0 radical (unpaired) electrons. The molecule has 2 heterocycles. The lowest BCUT2D eigenvalue weighted by atomic mass is 9.66. The van der Waals surface area contributed by atoms with Crippen molar-refractivity contribution in [3.8, 4) is 0 Å². The summed E-state index contributed by atoms with van der Waals surface area (Å²) < 4.78 is 5.62. The number of rotatable bonds is 3. The maximum absolute atomic E-state index is 12.8. The maximum Gasteiger partial charge on any atom is 0.410 e. The number of carbonyl (C=O) groups is 1. The molecule has 2 saturated heterocycles. The molecule has 1 N–H and O–H groups in total. The van der Waals surface area contributed by atoms with Crippen molar-refractivity contribution >= 4 is 6.09 Å². The monoisotopic (exact) mass is 357 g/mol. The number of fused-ring (bicyclic) bond motifs is 2. The highest BCUT2D eigenvalue weighted by Crippen LogP contribution is 2.46. The van der Waals surface area contributed by atoms with Gasteiger partial charge in [0.05, 0.1) is 5.60 Å². The van der Waals surface area contributed by atoms with Crippen molar-refractivity contribution in [3.05, 3.63) is 35.9 Å². The van der Waals surface area contributed by atoms with Crippen LogP contribution in [0.15, 0.2) is 30.3 Å². The van der Waals surface area contributed by atoms with Crippen LogP contribution in [0.3, 0.4) is 0 Å². The van der Waals surface area contributed by atoms with E-state index in [1.807, 2.05) is 35.2 Å². The third-order valence-corrected chi connectivity index (χ3v) is 6.82. The number of amides is 1. The van der Waals surface area contributed by atoms with E-state index in [1.165, 1.54) is 19.3 Å². The fraction of sp³-hybridized carbons (Fsp3) is 0.682. The zero-order valence-electron chi connectivity index (χ0n) is 15.6. The van der Waals surface area contributed by atoms with Crippen LogP contribution in [-0.2, 0) is 11.3 Å². The highest BCUT2D eigenvalue weighted by Gasteiger charge is 2.50. The topological polar surface area (TPSA) is 49.8 Å². The van der Waals surface area contributed by atoms with Gasteiger partial charge in [0.2, 0.25) is 0 Å². The lowest BCUT2D eigenvalue weighted by molar-refractivity contribution is -0.122. The Labute approximate surface area is 156 Å². The molecular weight excluding hydrogens is 326 g/mol. The molecule has 2 bridgehead atoms. The summed E-state index contributed by atoms with van der Waals surface area (Å²) in [7, 11) is 0. The van der Waals surface area contributed by atoms with Crippen molar-refractivity contribution in [1.82, 2.24) is 4.90 Å². The summed E-state index contributed by atoms with van der Waals surface area (Å²) in [5.41, 5.74) is 0.438. The average Bonchev–Trinajstić information content (AvgIpc) is 2.67. The number of aliphatic hydroxyl groups is 1. The summed E-state index contributed by atoms with van der Waals surface area (Å²) in [6.07, 6.45) is 10.5. The number of nitrogens with zero attached hydrogens (tertiary/aromatic N) is 1. The number of hydrogen-bond donors (Lipinski definition) is 1. The quantitative estimate of drug-likeness (QED) is 0.856. The van der Waals surface area contributed by atoms with Gasteiger partial charge in [-0.1, -0.05) is 49.6 Å². The Morgan fingerprint density at radius 1 is 1.00 bits per heavy atom. The average molecular weight is 357 g/mol. The predicted octanol–water partition coefficient (Wildman–Crippen LogP) is 4.65. The molecule has 142 valence electrons. The minimum atomic E-state index is -0.577. The largest absolute Gasteiger partial charge is 0.445 e. The zero-order valence-corrected chi connectivity index (χ0v) is 15.6. The van der Waals surface area contributed by atoms with Gasteiger partial charge in [-0.15, -0.1) is 0 Å². The standard InChI is InChI=1S/C22H31NO3/c24-21(26-16-17-8-3-1-4-9-17)23-19-12-7-13-20(23)15-22(25,14-19)18-10-5-2-6-11-18/h1,3-4,8-9,18-20,25H,2,5-7,10-16H2. The number of ether oxygens (including phenoxy) is 1. The third-order valence-electron chi connectivity index (χ3n) is 6.82. The van der Waals surface area contributed by atoms with Gasteiger partial charge in [-0.2, -0.15) is 0 Å². The molecule has 2 unspecified atom stereocenters. The molecule has 1 aromatic carbocycles. The van der Waals surface area contributed by atoms with E-state index in [4.69, 9.17) is 4.74 Å². The van der Waals surface area contributed by atoms with Gasteiger partial charge in [-0.05, 0) is 56.4 Å². The first-order valence-corrected chi connectivity index (χ1v) is 10.4. The van der Waals surface area contributed by atoms with Crippen molar-refractivity contribution in [2.24, 2.45) is 5.92 Å². The van der Waals surface area contributed by atoms with E-state index in [9.17, 15) is 9.90 Å². The van der Waals surface area contributed by atoms with Crippen molar-refractivity contribution < 1.29 is 14.6 Å². The summed E-state index contributed by atoms with van der Waals surface area (Å²) >= 11 is 0. The van der Waals surface area contributed by atoms with Crippen LogP contribution >= 0.6 is 0 Å². The van der Waals surface area contributed by atoms with Gasteiger partial charge < -0.3 is 14.7 Å². The summed E-state index contributed by atoms with van der Waals surface area (Å²) in [5.74, 6) is 0.418. The first-order chi connectivity index (χ1) is 12.7. The van der Waals surface area contributed by atoms with Gasteiger partial charge in [-0.3, -0.25) is 0 Å². The van der Waals surface area contributed by atoms with Crippen molar-refractivity contribution in [1.29, 1.82) is 0 Å². The Morgan fingerprint density at radius 3 is 2.31 bits per heavy atom. The van der Waals surface area contributed by atoms with Gasteiger partial charge in [0.25, 0.3) is 0 Å². The molecule has 1 aliphatic carbocycles. The normalized spacial score (nSPS) is 32.3. The molecule has 2 aliphatic heterocycles. The van der Waals surface area contributed by atoms with Gasteiger partial charge in [0.1, 0.15) is 6.61 Å². The molecule has 3 aliphatic rings. The third kappa shape index (κ3) is 3.62. The van der Waals surface area contributed by atoms with Gasteiger partial charge in [0, 0.05) is 12.1 Å². The van der Waals surface area contributed by atoms with E-state index in [2.05, 4.69) is 0 Å². The lowest BCUT2D eigenvalue weighted by Gasteiger charge is -2.54. The van der Waals surface area contributed by atoms with Crippen LogP contribution in [-0.4, -0.2) is 33.8 Å². The van der Waals surface area contributed by atoms with Crippen LogP contribution in [0.2, 0.25) is 0 Å². The van der Waals surface area contributed by atoms with Gasteiger partial charge in [0.15, 0.2) is 0 Å². The Hall–Kier alpha value is -1.55. The summed E-state index contributed by atoms with van der Waals surface area (Å²) in [6, 6.07) is 10.1. The second-order valence-corrected chi connectivity index (χ2v) is 8.53. The summed E-state index contributed by atoms with van der Waals surface area (Å²) in [4.78, 5) is 14.8. The Balaban J connectivity index is 1.42. The van der Waals surface area contributed by atoms with E-state index in [0.717, 1.165) is 50.5 Å². The molecule has 3 fully saturated rings. The molecular formula is C22H31NO3. The molecule has 0 spiro atoms. The van der Waals surface area contributed by atoms with Crippen molar-refractivity contribution in [3.63, 3.8) is 0 Å².